The molecule has 0 aliphatic rings. The van der Waals surface area contributed by atoms with Gasteiger partial charge in [-0.15, -0.1) is 0 Å². The van der Waals surface area contributed by atoms with E-state index < -0.39 is 0 Å². The van der Waals surface area contributed by atoms with Gasteiger partial charge in [-0.05, 0) is 17.7 Å². The molecule has 3 aromatic rings. The summed E-state index contributed by atoms with van der Waals surface area (Å²) < 4.78 is 0. The number of fused-ring (bicyclic) bond motifs is 1. The number of aromatic nitrogens is 4. The molecule has 0 fully saturated rings. The minimum Gasteiger partial charge on any atom is -0.368 e. The second kappa shape index (κ2) is 5.49. The number of rotatable bonds is 3. The number of amides is 1. The number of carbonyl (C=O) groups is 1. The molecule has 0 aliphatic carbocycles. The van der Waals surface area contributed by atoms with Gasteiger partial charge in [0.2, 0.25) is 5.95 Å². The summed E-state index contributed by atoms with van der Waals surface area (Å²) >= 11 is 0. The fourth-order valence-electron chi connectivity index (χ4n) is 1.89. The lowest BCUT2D eigenvalue weighted by molar-refractivity contribution is 0.0945. The van der Waals surface area contributed by atoms with Crippen molar-refractivity contribution in [3.8, 4) is 0 Å². The van der Waals surface area contributed by atoms with E-state index in [9.17, 15) is 4.79 Å². The molecule has 0 saturated carbocycles. The minimum absolute atomic E-state index is 0.227. The Balaban J connectivity index is 1.75. The number of nitrogen functional groups attached to an aromatic ring is 1. The predicted octanol–water partition coefficient (Wildman–Crippen LogP) is 0.932. The van der Waals surface area contributed by atoms with Gasteiger partial charge in [0.05, 0.1) is 5.52 Å². The molecule has 0 saturated heterocycles. The van der Waals surface area contributed by atoms with Gasteiger partial charge < -0.3 is 11.1 Å². The Morgan fingerprint density at radius 3 is 2.95 bits per heavy atom. The molecule has 1 aromatic carbocycles. The Morgan fingerprint density at radius 2 is 2.14 bits per heavy atom. The minimum atomic E-state index is -0.250. The fraction of sp³-hybridized carbons (Fsp3) is 0.0714. The molecule has 2 aromatic heterocycles. The van der Waals surface area contributed by atoms with Crippen LogP contribution >= 0.6 is 0 Å². The van der Waals surface area contributed by atoms with Crippen LogP contribution in [0.15, 0.2) is 43.0 Å². The van der Waals surface area contributed by atoms with Gasteiger partial charge in [-0.1, -0.05) is 12.1 Å². The van der Waals surface area contributed by atoms with Crippen molar-refractivity contribution in [2.24, 2.45) is 0 Å². The Kier molecular flexibility index (Phi) is 3.38. The topological polar surface area (TPSA) is 107 Å². The molecule has 0 unspecified atom stereocenters. The molecule has 7 heteroatoms. The second-order valence-electron chi connectivity index (χ2n) is 4.40. The lowest BCUT2D eigenvalue weighted by Gasteiger charge is -2.06. The first-order valence-corrected chi connectivity index (χ1v) is 6.28. The predicted molar refractivity (Wildman–Crippen MR) is 77.2 cm³/mol. The Bertz CT molecular complexity index is 790. The zero-order valence-corrected chi connectivity index (χ0v) is 11.0. The highest BCUT2D eigenvalue weighted by atomic mass is 16.1. The molecule has 21 heavy (non-hydrogen) atoms. The average Bonchev–Trinajstić information content (AvgIpc) is 2.53. The van der Waals surface area contributed by atoms with E-state index in [1.54, 1.807) is 12.3 Å². The summed E-state index contributed by atoms with van der Waals surface area (Å²) in [7, 11) is 0. The molecule has 0 radical (unpaired) electrons. The van der Waals surface area contributed by atoms with Gasteiger partial charge in [-0.25, -0.2) is 19.9 Å². The SMILES string of the molecule is Nc1ncc2ccc(CNC(=O)c3ccncn3)cc2n1. The number of carbonyl (C=O) groups excluding carboxylic acids is 1. The van der Waals surface area contributed by atoms with Crippen molar-refractivity contribution < 1.29 is 4.79 Å². The van der Waals surface area contributed by atoms with Crippen LogP contribution in [0.1, 0.15) is 16.1 Å². The number of nitrogens with one attached hydrogen (secondary N) is 1. The van der Waals surface area contributed by atoms with Crippen LogP contribution in [0.3, 0.4) is 0 Å². The van der Waals surface area contributed by atoms with Gasteiger partial charge in [0.15, 0.2) is 0 Å². The maximum atomic E-state index is 11.9. The molecule has 0 spiro atoms. The lowest BCUT2D eigenvalue weighted by atomic mass is 10.1. The number of anilines is 1. The van der Waals surface area contributed by atoms with E-state index in [2.05, 4.69) is 25.3 Å². The van der Waals surface area contributed by atoms with Crippen molar-refractivity contribution in [3.05, 3.63) is 54.2 Å². The molecule has 104 valence electrons. The zero-order chi connectivity index (χ0) is 14.7. The normalized spacial score (nSPS) is 10.5. The van der Waals surface area contributed by atoms with Gasteiger partial charge in [0.25, 0.3) is 5.91 Å². The van der Waals surface area contributed by atoms with E-state index in [1.165, 1.54) is 12.5 Å². The highest BCUT2D eigenvalue weighted by Gasteiger charge is 2.06. The van der Waals surface area contributed by atoms with Crippen molar-refractivity contribution in [1.29, 1.82) is 0 Å². The van der Waals surface area contributed by atoms with E-state index in [-0.39, 0.29) is 11.9 Å². The van der Waals surface area contributed by atoms with Crippen molar-refractivity contribution in [3.63, 3.8) is 0 Å². The summed E-state index contributed by atoms with van der Waals surface area (Å²) in [5.74, 6) is -0.0237. The fourth-order valence-corrected chi connectivity index (χ4v) is 1.89. The van der Waals surface area contributed by atoms with Crippen LogP contribution < -0.4 is 11.1 Å². The van der Waals surface area contributed by atoms with Crippen molar-refractivity contribution in [2.75, 3.05) is 5.73 Å². The number of nitrogens with zero attached hydrogens (tertiary/aromatic N) is 4. The number of hydrogen-bond donors (Lipinski definition) is 2. The van der Waals surface area contributed by atoms with E-state index in [0.717, 1.165) is 16.5 Å². The van der Waals surface area contributed by atoms with Crippen LogP contribution in [-0.2, 0) is 6.54 Å². The van der Waals surface area contributed by atoms with Crippen LogP contribution in [0.2, 0.25) is 0 Å². The molecule has 3 rings (SSSR count). The van der Waals surface area contributed by atoms with Crippen LogP contribution in [0.25, 0.3) is 10.9 Å². The quantitative estimate of drug-likeness (QED) is 0.739. The van der Waals surface area contributed by atoms with E-state index in [1.807, 2.05) is 18.2 Å². The van der Waals surface area contributed by atoms with Gasteiger partial charge in [-0.2, -0.15) is 0 Å². The van der Waals surface area contributed by atoms with Gasteiger partial charge in [0.1, 0.15) is 12.0 Å². The summed E-state index contributed by atoms with van der Waals surface area (Å²) in [6, 6.07) is 7.22. The number of nitrogens with two attached hydrogens (primary N) is 1. The Morgan fingerprint density at radius 1 is 1.24 bits per heavy atom. The summed E-state index contributed by atoms with van der Waals surface area (Å²) in [5, 5.41) is 3.69. The number of hydrogen-bond acceptors (Lipinski definition) is 6. The highest BCUT2D eigenvalue weighted by molar-refractivity contribution is 5.92. The molecule has 0 aliphatic heterocycles. The highest BCUT2D eigenvalue weighted by Crippen LogP contribution is 2.13. The molecule has 0 atom stereocenters. The van der Waals surface area contributed by atoms with Crippen molar-refractivity contribution in [2.45, 2.75) is 6.54 Å². The first-order valence-electron chi connectivity index (χ1n) is 6.28. The first kappa shape index (κ1) is 12.9. The maximum Gasteiger partial charge on any atom is 0.270 e. The van der Waals surface area contributed by atoms with E-state index >= 15 is 0 Å². The van der Waals surface area contributed by atoms with Gasteiger partial charge in [-0.3, -0.25) is 4.79 Å². The Labute approximate surface area is 120 Å². The molecule has 2 heterocycles. The molecule has 3 N–H and O–H groups in total. The van der Waals surface area contributed by atoms with E-state index in [0.29, 0.717) is 12.2 Å². The van der Waals surface area contributed by atoms with Crippen molar-refractivity contribution >= 4 is 22.8 Å². The third-order valence-electron chi connectivity index (χ3n) is 2.93. The smallest absolute Gasteiger partial charge is 0.270 e. The van der Waals surface area contributed by atoms with Crippen LogP contribution in [0, 0.1) is 0 Å². The molecule has 7 nitrogen and oxygen atoms in total. The monoisotopic (exact) mass is 280 g/mol. The third kappa shape index (κ3) is 2.92. The maximum absolute atomic E-state index is 11.9. The average molecular weight is 280 g/mol. The van der Waals surface area contributed by atoms with Crippen LogP contribution in [0.4, 0.5) is 5.95 Å². The first-order chi connectivity index (χ1) is 10.2. The van der Waals surface area contributed by atoms with E-state index in [4.69, 9.17) is 5.73 Å². The zero-order valence-electron chi connectivity index (χ0n) is 11.0. The summed E-state index contributed by atoms with van der Waals surface area (Å²) in [5.41, 5.74) is 7.56. The van der Waals surface area contributed by atoms with Gasteiger partial charge in [0, 0.05) is 24.3 Å². The summed E-state index contributed by atoms with van der Waals surface area (Å²) in [4.78, 5) is 27.6. The summed E-state index contributed by atoms with van der Waals surface area (Å²) in [6.07, 6.45) is 4.53. The molecule has 0 bridgehead atoms. The Hall–Kier alpha value is -3.09. The lowest BCUT2D eigenvalue weighted by Crippen LogP contribution is -2.23. The van der Waals surface area contributed by atoms with Crippen LogP contribution in [-0.4, -0.2) is 25.8 Å². The third-order valence-corrected chi connectivity index (χ3v) is 2.93. The standard InChI is InChI=1S/C14H12N6O/c15-14-18-7-10-2-1-9(5-12(10)20-14)6-17-13(21)11-3-4-16-8-19-11/h1-5,7-8H,6H2,(H,17,21)(H2,15,18,20). The van der Waals surface area contributed by atoms with Gasteiger partial charge >= 0.3 is 0 Å². The molecular formula is C14H12N6O. The van der Waals surface area contributed by atoms with Crippen molar-refractivity contribution in [1.82, 2.24) is 25.3 Å². The second-order valence-corrected chi connectivity index (χ2v) is 4.40. The van der Waals surface area contributed by atoms with Crippen LogP contribution in [0.5, 0.6) is 0 Å². The summed E-state index contributed by atoms with van der Waals surface area (Å²) in [6.45, 7) is 0.378. The molecular weight excluding hydrogens is 268 g/mol. The largest absolute Gasteiger partial charge is 0.368 e. The number of benzene rings is 1. The molecule has 1 amide bonds.